The largest absolute Gasteiger partial charge is 0.493 e. The van der Waals surface area contributed by atoms with Gasteiger partial charge in [-0.05, 0) is 31.2 Å². The summed E-state index contributed by atoms with van der Waals surface area (Å²) in [5.41, 5.74) is 2.17. The van der Waals surface area contributed by atoms with Crippen LogP contribution in [0.15, 0.2) is 47.6 Å². The summed E-state index contributed by atoms with van der Waals surface area (Å²) in [5, 5.41) is 8.82. The molecule has 0 saturated heterocycles. The highest BCUT2D eigenvalue weighted by Gasteiger charge is 2.14. The number of hydrogen-bond donors (Lipinski definition) is 1. The van der Waals surface area contributed by atoms with E-state index in [9.17, 15) is 4.79 Å². The number of amides is 1. The molecule has 0 fully saturated rings. The Bertz CT molecular complexity index is 1210. The third-order valence-electron chi connectivity index (χ3n) is 4.25. The van der Waals surface area contributed by atoms with Gasteiger partial charge in [0.25, 0.3) is 0 Å². The van der Waals surface area contributed by atoms with Crippen molar-refractivity contribution in [2.24, 2.45) is 0 Å². The Morgan fingerprint density at radius 3 is 2.69 bits per heavy atom. The molecule has 0 unspecified atom stereocenters. The van der Waals surface area contributed by atoms with Gasteiger partial charge in [-0.3, -0.25) is 4.79 Å². The second-order valence-corrected chi connectivity index (χ2v) is 7.16. The molecular formula is C20H19N5O3S. The fourth-order valence-electron chi connectivity index (χ4n) is 2.97. The number of rotatable bonds is 6. The van der Waals surface area contributed by atoms with Crippen molar-refractivity contribution >= 4 is 39.9 Å². The van der Waals surface area contributed by atoms with Crippen LogP contribution in [-0.2, 0) is 4.79 Å². The third-order valence-corrected chi connectivity index (χ3v) is 5.18. The second kappa shape index (κ2) is 7.96. The van der Waals surface area contributed by atoms with Gasteiger partial charge in [-0.25, -0.2) is 9.97 Å². The van der Waals surface area contributed by atoms with Crippen LogP contribution < -0.4 is 14.8 Å². The number of para-hydroxylation sites is 1. The number of aryl methyl sites for hydroxylation is 1. The van der Waals surface area contributed by atoms with Gasteiger partial charge in [0.15, 0.2) is 22.3 Å². The molecule has 0 aliphatic carbocycles. The van der Waals surface area contributed by atoms with Gasteiger partial charge < -0.3 is 14.8 Å². The minimum Gasteiger partial charge on any atom is -0.493 e. The van der Waals surface area contributed by atoms with Gasteiger partial charge in [0.2, 0.25) is 5.91 Å². The number of fused-ring (bicyclic) bond motifs is 3. The lowest BCUT2D eigenvalue weighted by atomic mass is 10.2. The van der Waals surface area contributed by atoms with Crippen LogP contribution in [0.4, 0.5) is 5.69 Å². The highest BCUT2D eigenvalue weighted by molar-refractivity contribution is 7.99. The Morgan fingerprint density at radius 1 is 1.10 bits per heavy atom. The van der Waals surface area contributed by atoms with Crippen molar-refractivity contribution in [3.05, 3.63) is 48.3 Å². The molecule has 4 rings (SSSR count). The topological polar surface area (TPSA) is 90.6 Å². The number of anilines is 1. The molecule has 0 aliphatic heterocycles. The zero-order chi connectivity index (χ0) is 20.4. The van der Waals surface area contributed by atoms with Gasteiger partial charge in [0.1, 0.15) is 5.82 Å². The molecule has 0 radical (unpaired) electrons. The first kappa shape index (κ1) is 19.0. The average Bonchev–Trinajstić information content (AvgIpc) is 3.13. The van der Waals surface area contributed by atoms with Crippen LogP contribution in [0.1, 0.15) is 5.82 Å². The number of carbonyl (C=O) groups excluding carboxylic acids is 1. The van der Waals surface area contributed by atoms with Crippen LogP contribution in [0, 0.1) is 6.92 Å². The number of aromatic nitrogens is 4. The van der Waals surface area contributed by atoms with Crippen molar-refractivity contribution in [1.29, 1.82) is 0 Å². The molecule has 0 aliphatic rings. The fourth-order valence-corrected chi connectivity index (χ4v) is 3.71. The van der Waals surface area contributed by atoms with Crippen molar-refractivity contribution in [3.63, 3.8) is 0 Å². The Morgan fingerprint density at radius 2 is 1.90 bits per heavy atom. The number of carbonyl (C=O) groups is 1. The standard InChI is InChI=1S/C20H19N5O3S/c1-12-21-19-14-6-4-5-7-15(14)23-20(25(19)24-12)29-11-18(26)22-13-8-9-16(27-2)17(10-13)28-3/h4-10H,11H2,1-3H3,(H,22,26). The molecule has 148 valence electrons. The molecule has 0 bridgehead atoms. The fraction of sp³-hybridized carbons (Fsp3) is 0.200. The summed E-state index contributed by atoms with van der Waals surface area (Å²) in [6.07, 6.45) is 0. The van der Waals surface area contributed by atoms with Gasteiger partial charge in [0, 0.05) is 17.1 Å². The van der Waals surface area contributed by atoms with Crippen LogP contribution >= 0.6 is 11.8 Å². The van der Waals surface area contributed by atoms with Gasteiger partial charge in [-0.2, -0.15) is 4.52 Å². The minimum atomic E-state index is -0.165. The zero-order valence-corrected chi connectivity index (χ0v) is 17.0. The number of hydrogen-bond acceptors (Lipinski definition) is 7. The number of ether oxygens (including phenoxy) is 2. The monoisotopic (exact) mass is 409 g/mol. The molecule has 0 saturated carbocycles. The van der Waals surface area contributed by atoms with E-state index < -0.39 is 0 Å². The summed E-state index contributed by atoms with van der Waals surface area (Å²) in [7, 11) is 3.12. The molecule has 1 amide bonds. The van der Waals surface area contributed by atoms with Gasteiger partial charge >= 0.3 is 0 Å². The van der Waals surface area contributed by atoms with Gasteiger partial charge in [-0.1, -0.05) is 23.9 Å². The maximum atomic E-state index is 12.5. The highest BCUT2D eigenvalue weighted by Crippen LogP contribution is 2.30. The molecule has 0 atom stereocenters. The van der Waals surface area contributed by atoms with E-state index in [1.807, 2.05) is 31.2 Å². The lowest BCUT2D eigenvalue weighted by molar-refractivity contribution is -0.113. The third kappa shape index (κ3) is 3.81. The summed E-state index contributed by atoms with van der Waals surface area (Å²) < 4.78 is 12.2. The molecule has 1 N–H and O–H groups in total. The summed E-state index contributed by atoms with van der Waals surface area (Å²) in [4.78, 5) is 21.6. The molecule has 2 aromatic carbocycles. The SMILES string of the molecule is COc1ccc(NC(=O)CSc2nc3ccccc3c3nc(C)nn23)cc1OC. The molecule has 9 heteroatoms. The van der Waals surface area contributed by atoms with Gasteiger partial charge in [0.05, 0.1) is 25.5 Å². The van der Waals surface area contributed by atoms with E-state index in [0.717, 1.165) is 16.6 Å². The lowest BCUT2D eigenvalue weighted by Gasteiger charge is -2.10. The lowest BCUT2D eigenvalue weighted by Crippen LogP contribution is -2.14. The van der Waals surface area contributed by atoms with E-state index in [-0.39, 0.29) is 11.7 Å². The van der Waals surface area contributed by atoms with E-state index >= 15 is 0 Å². The van der Waals surface area contributed by atoms with Crippen molar-refractivity contribution in [1.82, 2.24) is 19.6 Å². The predicted octanol–water partition coefficient (Wildman–Crippen LogP) is 3.33. The number of nitrogens with one attached hydrogen (secondary N) is 1. The molecular weight excluding hydrogens is 390 g/mol. The number of thioether (sulfide) groups is 1. The zero-order valence-electron chi connectivity index (χ0n) is 16.2. The quantitative estimate of drug-likeness (QED) is 0.386. The van der Waals surface area contributed by atoms with Crippen LogP contribution in [0.25, 0.3) is 16.6 Å². The van der Waals surface area contributed by atoms with E-state index in [2.05, 4.69) is 20.4 Å². The number of nitrogens with zero attached hydrogens (tertiary/aromatic N) is 4. The predicted molar refractivity (Wildman–Crippen MR) is 112 cm³/mol. The highest BCUT2D eigenvalue weighted by atomic mass is 32.2. The smallest absolute Gasteiger partial charge is 0.234 e. The van der Waals surface area contributed by atoms with Crippen molar-refractivity contribution < 1.29 is 14.3 Å². The Hall–Kier alpha value is -3.33. The summed E-state index contributed by atoms with van der Waals surface area (Å²) >= 11 is 1.30. The normalized spacial score (nSPS) is 11.0. The van der Waals surface area contributed by atoms with E-state index in [1.54, 1.807) is 36.9 Å². The molecule has 4 aromatic rings. The molecule has 29 heavy (non-hydrogen) atoms. The second-order valence-electron chi connectivity index (χ2n) is 6.21. The van der Waals surface area contributed by atoms with Crippen LogP contribution in [-0.4, -0.2) is 45.5 Å². The maximum absolute atomic E-state index is 12.5. The van der Waals surface area contributed by atoms with Crippen molar-refractivity contribution in [2.45, 2.75) is 12.1 Å². The maximum Gasteiger partial charge on any atom is 0.234 e. The van der Waals surface area contributed by atoms with Crippen molar-refractivity contribution in [2.75, 3.05) is 25.3 Å². The first-order chi connectivity index (χ1) is 14.1. The van der Waals surface area contributed by atoms with Gasteiger partial charge in [-0.15, -0.1) is 5.10 Å². The summed E-state index contributed by atoms with van der Waals surface area (Å²) in [5.74, 6) is 1.81. The number of methoxy groups -OCH3 is 2. The Kier molecular flexibility index (Phi) is 5.22. The summed E-state index contributed by atoms with van der Waals surface area (Å²) in [6.45, 7) is 1.83. The average molecular weight is 409 g/mol. The first-order valence-electron chi connectivity index (χ1n) is 8.86. The molecule has 2 aromatic heterocycles. The van der Waals surface area contributed by atoms with E-state index in [0.29, 0.717) is 28.2 Å². The Labute approximate surface area is 171 Å². The summed E-state index contributed by atoms with van der Waals surface area (Å²) in [6, 6.07) is 13.0. The molecule has 8 nitrogen and oxygen atoms in total. The van der Waals surface area contributed by atoms with Crippen LogP contribution in [0.5, 0.6) is 11.5 Å². The van der Waals surface area contributed by atoms with E-state index in [4.69, 9.17) is 9.47 Å². The van der Waals surface area contributed by atoms with E-state index in [1.165, 1.54) is 11.8 Å². The molecule has 0 spiro atoms. The Balaban J connectivity index is 1.54. The first-order valence-corrected chi connectivity index (χ1v) is 9.84. The number of benzene rings is 2. The van der Waals surface area contributed by atoms with Crippen molar-refractivity contribution in [3.8, 4) is 11.5 Å². The minimum absolute atomic E-state index is 0.165. The molecule has 2 heterocycles. The van der Waals surface area contributed by atoms with Crippen LogP contribution in [0.3, 0.4) is 0 Å². The van der Waals surface area contributed by atoms with Crippen LogP contribution in [0.2, 0.25) is 0 Å².